The maximum absolute atomic E-state index is 12.8. The summed E-state index contributed by atoms with van der Waals surface area (Å²) in [7, 11) is 0. The monoisotopic (exact) mass is 398 g/mol. The van der Waals surface area contributed by atoms with Gasteiger partial charge in [0, 0.05) is 10.0 Å². The SMILES string of the molecule is OC(c1cc(C(F)(F)F)ccc1Br)c1cccc(Cl)c1Cl. The molecule has 0 aliphatic heterocycles. The van der Waals surface area contributed by atoms with Crippen LogP contribution < -0.4 is 0 Å². The van der Waals surface area contributed by atoms with Crippen LogP contribution >= 0.6 is 39.1 Å². The van der Waals surface area contributed by atoms with Gasteiger partial charge in [0.1, 0.15) is 6.10 Å². The van der Waals surface area contributed by atoms with Crippen molar-refractivity contribution in [2.45, 2.75) is 12.3 Å². The predicted molar refractivity (Wildman–Crippen MR) is 79.7 cm³/mol. The van der Waals surface area contributed by atoms with Gasteiger partial charge in [-0.1, -0.05) is 51.3 Å². The van der Waals surface area contributed by atoms with E-state index in [1.165, 1.54) is 18.2 Å². The summed E-state index contributed by atoms with van der Waals surface area (Å²) in [6.07, 6.45) is -5.82. The average Bonchev–Trinajstić information content (AvgIpc) is 2.40. The van der Waals surface area contributed by atoms with Crippen molar-refractivity contribution in [3.05, 3.63) is 67.6 Å². The first-order valence-corrected chi connectivity index (χ1v) is 7.25. The molecule has 1 unspecified atom stereocenters. The van der Waals surface area contributed by atoms with Crippen LogP contribution in [0.1, 0.15) is 22.8 Å². The summed E-state index contributed by atoms with van der Waals surface area (Å²) < 4.78 is 38.6. The van der Waals surface area contributed by atoms with Crippen molar-refractivity contribution in [2.24, 2.45) is 0 Å². The normalized spacial score (nSPS) is 13.3. The molecule has 0 aromatic heterocycles. The molecule has 2 rings (SSSR count). The van der Waals surface area contributed by atoms with Gasteiger partial charge in [0.25, 0.3) is 0 Å². The zero-order valence-electron chi connectivity index (χ0n) is 10.3. The number of hydrogen-bond acceptors (Lipinski definition) is 1. The van der Waals surface area contributed by atoms with Gasteiger partial charge in [-0.15, -0.1) is 0 Å². The molecule has 1 nitrogen and oxygen atoms in total. The number of benzene rings is 2. The fourth-order valence-electron chi connectivity index (χ4n) is 1.83. The van der Waals surface area contributed by atoms with E-state index in [-0.39, 0.29) is 21.2 Å². The third-order valence-corrected chi connectivity index (χ3v) is 4.45. The van der Waals surface area contributed by atoms with Crippen LogP contribution in [0.2, 0.25) is 10.0 Å². The Morgan fingerprint density at radius 1 is 1.05 bits per heavy atom. The summed E-state index contributed by atoms with van der Waals surface area (Å²) in [5.41, 5.74) is -0.545. The molecule has 2 aromatic rings. The van der Waals surface area contributed by atoms with E-state index in [2.05, 4.69) is 15.9 Å². The van der Waals surface area contributed by atoms with E-state index in [0.717, 1.165) is 12.1 Å². The fraction of sp³-hybridized carbons (Fsp3) is 0.143. The number of alkyl halides is 3. The number of halogens is 6. The fourth-order valence-corrected chi connectivity index (χ4v) is 2.70. The molecule has 0 amide bonds. The Balaban J connectivity index is 2.53. The first kappa shape index (κ1) is 16.6. The lowest BCUT2D eigenvalue weighted by Gasteiger charge is -2.17. The average molecular weight is 400 g/mol. The van der Waals surface area contributed by atoms with Crippen LogP contribution in [0.25, 0.3) is 0 Å². The van der Waals surface area contributed by atoms with Crippen molar-refractivity contribution in [1.29, 1.82) is 0 Å². The minimum atomic E-state index is -4.49. The minimum Gasteiger partial charge on any atom is -0.384 e. The molecule has 0 fully saturated rings. The van der Waals surface area contributed by atoms with Crippen LogP contribution in [0.15, 0.2) is 40.9 Å². The van der Waals surface area contributed by atoms with Gasteiger partial charge in [-0.2, -0.15) is 13.2 Å². The Morgan fingerprint density at radius 3 is 2.33 bits per heavy atom. The summed E-state index contributed by atoms with van der Waals surface area (Å²) in [4.78, 5) is 0. The second-order valence-electron chi connectivity index (χ2n) is 4.28. The van der Waals surface area contributed by atoms with Crippen molar-refractivity contribution in [3.63, 3.8) is 0 Å². The maximum Gasteiger partial charge on any atom is 0.416 e. The summed E-state index contributed by atoms with van der Waals surface area (Å²) in [6, 6.07) is 7.65. The highest BCUT2D eigenvalue weighted by molar-refractivity contribution is 9.10. The molecule has 7 heteroatoms. The van der Waals surface area contributed by atoms with Crippen LogP contribution in [0.5, 0.6) is 0 Å². The maximum atomic E-state index is 12.8. The molecule has 21 heavy (non-hydrogen) atoms. The molecule has 0 aliphatic rings. The Hall–Kier alpha value is -0.750. The zero-order chi connectivity index (χ0) is 15.8. The lowest BCUT2D eigenvalue weighted by atomic mass is 9.99. The van der Waals surface area contributed by atoms with Crippen LogP contribution in [-0.4, -0.2) is 5.11 Å². The smallest absolute Gasteiger partial charge is 0.384 e. The van der Waals surface area contributed by atoms with E-state index in [9.17, 15) is 18.3 Å². The van der Waals surface area contributed by atoms with Crippen molar-refractivity contribution in [1.82, 2.24) is 0 Å². The number of hydrogen-bond donors (Lipinski definition) is 1. The molecule has 0 heterocycles. The summed E-state index contributed by atoms with van der Waals surface area (Å²) in [6.45, 7) is 0. The van der Waals surface area contributed by atoms with Gasteiger partial charge in [-0.3, -0.25) is 0 Å². The largest absolute Gasteiger partial charge is 0.416 e. The van der Waals surface area contributed by atoms with Gasteiger partial charge >= 0.3 is 6.18 Å². The van der Waals surface area contributed by atoms with Crippen molar-refractivity contribution >= 4 is 39.1 Å². The standard InChI is InChI=1S/C14H8BrCl2F3O/c15-10-5-4-7(14(18,19)20)6-9(10)13(21)8-2-1-3-11(16)12(8)17/h1-6,13,21H. The highest BCUT2D eigenvalue weighted by Crippen LogP contribution is 2.38. The van der Waals surface area contributed by atoms with Crippen molar-refractivity contribution in [3.8, 4) is 0 Å². The van der Waals surface area contributed by atoms with Crippen LogP contribution in [0, 0.1) is 0 Å². The van der Waals surface area contributed by atoms with Crippen LogP contribution in [-0.2, 0) is 6.18 Å². The highest BCUT2D eigenvalue weighted by atomic mass is 79.9. The lowest BCUT2D eigenvalue weighted by molar-refractivity contribution is -0.137. The lowest BCUT2D eigenvalue weighted by Crippen LogP contribution is -2.08. The van der Waals surface area contributed by atoms with E-state index < -0.39 is 17.8 Å². The molecule has 0 saturated heterocycles. The Bertz CT molecular complexity index is 674. The molecular formula is C14H8BrCl2F3O. The third-order valence-electron chi connectivity index (χ3n) is 2.89. The third kappa shape index (κ3) is 3.54. The number of aliphatic hydroxyl groups is 1. The van der Waals surface area contributed by atoms with Crippen LogP contribution in [0.4, 0.5) is 13.2 Å². The molecule has 1 N–H and O–H groups in total. The first-order chi connectivity index (χ1) is 9.71. The second-order valence-corrected chi connectivity index (χ2v) is 5.92. The Kier molecular flexibility index (Phi) is 4.88. The van der Waals surface area contributed by atoms with E-state index in [1.54, 1.807) is 6.07 Å². The molecule has 0 bridgehead atoms. The molecule has 2 aromatic carbocycles. The van der Waals surface area contributed by atoms with Gasteiger partial charge in [-0.05, 0) is 29.8 Å². The first-order valence-electron chi connectivity index (χ1n) is 5.70. The predicted octanol–water partition coefficient (Wildman–Crippen LogP) is 5.86. The van der Waals surface area contributed by atoms with E-state index in [0.29, 0.717) is 4.47 Å². The van der Waals surface area contributed by atoms with Gasteiger partial charge in [0.15, 0.2) is 0 Å². The molecule has 112 valence electrons. The van der Waals surface area contributed by atoms with Gasteiger partial charge < -0.3 is 5.11 Å². The summed E-state index contributed by atoms with van der Waals surface area (Å²) in [5, 5.41) is 10.7. The van der Waals surface area contributed by atoms with Crippen LogP contribution in [0.3, 0.4) is 0 Å². The Morgan fingerprint density at radius 2 is 1.71 bits per heavy atom. The van der Waals surface area contributed by atoms with E-state index >= 15 is 0 Å². The highest BCUT2D eigenvalue weighted by Gasteiger charge is 2.32. The number of rotatable bonds is 2. The molecule has 0 radical (unpaired) electrons. The van der Waals surface area contributed by atoms with Crippen molar-refractivity contribution in [2.75, 3.05) is 0 Å². The molecule has 1 atom stereocenters. The molecule has 0 saturated carbocycles. The summed E-state index contributed by atoms with van der Waals surface area (Å²) >= 11 is 15.0. The minimum absolute atomic E-state index is 0.0639. The number of aliphatic hydroxyl groups excluding tert-OH is 1. The second kappa shape index (κ2) is 6.16. The van der Waals surface area contributed by atoms with Gasteiger partial charge in [-0.25, -0.2) is 0 Å². The molecule has 0 aliphatic carbocycles. The quantitative estimate of drug-likeness (QED) is 0.670. The zero-order valence-corrected chi connectivity index (χ0v) is 13.4. The molecular weight excluding hydrogens is 392 g/mol. The summed E-state index contributed by atoms with van der Waals surface area (Å²) in [5.74, 6) is 0. The van der Waals surface area contributed by atoms with E-state index in [1.807, 2.05) is 0 Å². The van der Waals surface area contributed by atoms with Gasteiger partial charge in [0.2, 0.25) is 0 Å². The van der Waals surface area contributed by atoms with E-state index in [4.69, 9.17) is 23.2 Å². The van der Waals surface area contributed by atoms with Crippen molar-refractivity contribution < 1.29 is 18.3 Å². The Labute approximate surface area is 137 Å². The molecule has 0 spiro atoms. The topological polar surface area (TPSA) is 20.2 Å². The van der Waals surface area contributed by atoms with Gasteiger partial charge in [0.05, 0.1) is 15.6 Å².